The molecule has 0 saturated heterocycles. The number of unbranched alkanes of at least 4 members (excludes halogenated alkanes) is 2. The summed E-state index contributed by atoms with van der Waals surface area (Å²) in [7, 11) is 1.51. The van der Waals surface area contributed by atoms with E-state index in [2.05, 4.69) is 16.7 Å². The minimum atomic E-state index is -2.96. The van der Waals surface area contributed by atoms with Gasteiger partial charge in [-0.15, -0.1) is 0 Å². The molecule has 0 unspecified atom stereocenters. The summed E-state index contributed by atoms with van der Waals surface area (Å²) in [4.78, 5) is 19.1. The minimum absolute atomic E-state index is 0.00372. The molecule has 2 aromatic carbocycles. The topological polar surface area (TPSA) is 67.9 Å². The van der Waals surface area contributed by atoms with E-state index in [4.69, 9.17) is 5.73 Å². The fourth-order valence-electron chi connectivity index (χ4n) is 3.84. The number of halogens is 3. The molecule has 0 aliphatic carbocycles. The van der Waals surface area contributed by atoms with Gasteiger partial charge >= 0.3 is 6.61 Å². The number of likely N-dealkylation sites (N-methyl/N-ethyl adjacent to an activating group) is 1. The van der Waals surface area contributed by atoms with Gasteiger partial charge in [-0.3, -0.25) is 9.69 Å². The van der Waals surface area contributed by atoms with Crippen molar-refractivity contribution in [2.75, 3.05) is 7.05 Å². The van der Waals surface area contributed by atoms with Crippen LogP contribution in [-0.4, -0.2) is 30.4 Å². The van der Waals surface area contributed by atoms with Crippen LogP contribution in [0.1, 0.15) is 48.4 Å². The predicted octanol–water partition coefficient (Wildman–Crippen LogP) is 4.50. The third-order valence-corrected chi connectivity index (χ3v) is 5.56. The van der Waals surface area contributed by atoms with Gasteiger partial charge in [-0.05, 0) is 66.3 Å². The molecule has 0 aromatic heterocycles. The lowest BCUT2D eigenvalue weighted by Gasteiger charge is -2.27. The van der Waals surface area contributed by atoms with Crippen molar-refractivity contribution in [3.05, 3.63) is 64.5 Å². The maximum Gasteiger partial charge on any atom is 0.387 e. The molecule has 3 rings (SSSR count). The highest BCUT2D eigenvalue weighted by atomic mass is 19.3. The number of guanidine groups is 1. The number of hydrogen-bond acceptors (Lipinski definition) is 4. The quantitative estimate of drug-likeness (QED) is 0.624. The first-order valence-corrected chi connectivity index (χ1v) is 10.2. The second kappa shape index (κ2) is 8.99. The Balaban J connectivity index is 2.14. The van der Waals surface area contributed by atoms with E-state index < -0.39 is 18.1 Å². The summed E-state index contributed by atoms with van der Waals surface area (Å²) in [5, 5.41) is 0. The Hall–Kier alpha value is -3.03. The van der Waals surface area contributed by atoms with Crippen LogP contribution in [0.15, 0.2) is 41.4 Å². The number of carbonyl (C=O) groups excluding carboxylic acids is 1. The molecule has 166 valence electrons. The molecule has 0 saturated carbocycles. The number of alkyl halides is 2. The number of aliphatic imine (C=N–C) groups is 1. The second-order valence-electron chi connectivity index (χ2n) is 7.67. The van der Waals surface area contributed by atoms with E-state index in [0.717, 1.165) is 19.3 Å². The van der Waals surface area contributed by atoms with Crippen molar-refractivity contribution >= 4 is 11.9 Å². The number of carbonyl (C=O) groups is 1. The average Bonchev–Trinajstić information content (AvgIpc) is 2.95. The fourth-order valence-corrected chi connectivity index (χ4v) is 3.84. The number of aryl methyl sites for hydroxylation is 2. The number of amides is 1. The van der Waals surface area contributed by atoms with Gasteiger partial charge in [0.05, 0.1) is 0 Å². The van der Waals surface area contributed by atoms with Crippen molar-refractivity contribution in [3.63, 3.8) is 0 Å². The summed E-state index contributed by atoms with van der Waals surface area (Å²) in [6.45, 7) is 0.705. The highest BCUT2D eigenvalue weighted by molar-refractivity contribution is 6.08. The monoisotopic (exact) mass is 433 g/mol. The van der Waals surface area contributed by atoms with Gasteiger partial charge in [0.25, 0.3) is 5.91 Å². The van der Waals surface area contributed by atoms with Gasteiger partial charge in [-0.2, -0.15) is 8.78 Å². The van der Waals surface area contributed by atoms with Crippen LogP contribution in [-0.2, 0) is 16.8 Å². The summed E-state index contributed by atoms with van der Waals surface area (Å²) >= 11 is 0. The van der Waals surface area contributed by atoms with Gasteiger partial charge in [0.2, 0.25) is 0 Å². The molecule has 1 heterocycles. The minimum Gasteiger partial charge on any atom is -0.435 e. The molecule has 1 amide bonds. The summed E-state index contributed by atoms with van der Waals surface area (Å²) in [5.41, 5.74) is 6.27. The Morgan fingerprint density at radius 2 is 1.84 bits per heavy atom. The van der Waals surface area contributed by atoms with Crippen LogP contribution < -0.4 is 10.5 Å². The van der Waals surface area contributed by atoms with E-state index in [1.54, 1.807) is 19.1 Å². The van der Waals surface area contributed by atoms with Crippen molar-refractivity contribution in [1.82, 2.24) is 4.90 Å². The van der Waals surface area contributed by atoms with E-state index in [-0.39, 0.29) is 17.5 Å². The first kappa shape index (κ1) is 22.7. The second-order valence-corrected chi connectivity index (χ2v) is 7.67. The van der Waals surface area contributed by atoms with Crippen LogP contribution in [0.5, 0.6) is 5.75 Å². The van der Waals surface area contributed by atoms with E-state index in [9.17, 15) is 18.0 Å². The fraction of sp³-hybridized carbons (Fsp3) is 0.391. The summed E-state index contributed by atoms with van der Waals surface area (Å²) < 4.78 is 44.3. The highest BCUT2D eigenvalue weighted by Crippen LogP contribution is 2.41. The zero-order valence-electron chi connectivity index (χ0n) is 17.8. The van der Waals surface area contributed by atoms with Crippen molar-refractivity contribution in [1.29, 1.82) is 0 Å². The number of rotatable bonds is 8. The summed E-state index contributed by atoms with van der Waals surface area (Å²) in [6.07, 6.45) is 3.32. The summed E-state index contributed by atoms with van der Waals surface area (Å²) in [5.74, 6) is -0.725. The number of ether oxygens (including phenoxy) is 1. The van der Waals surface area contributed by atoms with Crippen LogP contribution in [0.4, 0.5) is 13.2 Å². The molecule has 1 aliphatic rings. The number of nitrogens with zero attached hydrogens (tertiary/aromatic N) is 2. The van der Waals surface area contributed by atoms with Crippen molar-refractivity contribution in [3.8, 4) is 5.75 Å². The molecule has 0 radical (unpaired) electrons. The molecule has 31 heavy (non-hydrogen) atoms. The lowest BCUT2D eigenvalue weighted by Crippen LogP contribution is -2.41. The molecule has 0 spiro atoms. The average molecular weight is 433 g/mol. The predicted molar refractivity (Wildman–Crippen MR) is 113 cm³/mol. The third kappa shape index (κ3) is 4.24. The van der Waals surface area contributed by atoms with Crippen molar-refractivity contribution in [2.24, 2.45) is 10.7 Å². The van der Waals surface area contributed by atoms with Crippen LogP contribution in [0.3, 0.4) is 0 Å². The maximum absolute atomic E-state index is 14.5. The Morgan fingerprint density at radius 3 is 2.42 bits per heavy atom. The number of hydrogen-bond donors (Lipinski definition) is 1. The molecule has 0 fully saturated rings. The van der Waals surface area contributed by atoms with Crippen LogP contribution >= 0.6 is 0 Å². The molecule has 1 aliphatic heterocycles. The Morgan fingerprint density at radius 1 is 1.16 bits per heavy atom. The maximum atomic E-state index is 14.5. The van der Waals surface area contributed by atoms with Gasteiger partial charge in [-0.25, -0.2) is 9.38 Å². The molecular weight excluding hydrogens is 407 g/mol. The molecule has 5 nitrogen and oxygen atoms in total. The van der Waals surface area contributed by atoms with Gasteiger partial charge < -0.3 is 10.5 Å². The Kier molecular flexibility index (Phi) is 6.57. The van der Waals surface area contributed by atoms with E-state index >= 15 is 0 Å². The van der Waals surface area contributed by atoms with Crippen molar-refractivity contribution < 1.29 is 22.7 Å². The standard InChI is InChI=1S/C23H26F3N3O2/c1-4-5-6-7-15-13-17(8-10-18(15)24)23(20(30)29(3)22(27)28-23)16-9-11-19(14(2)12-16)31-21(25)26/h8-13,21H,4-7H2,1-3H3,(H2,27,28)/t23-/m1/s1. The molecule has 1 atom stereocenters. The first-order valence-electron chi connectivity index (χ1n) is 10.2. The van der Waals surface area contributed by atoms with E-state index in [0.29, 0.717) is 28.7 Å². The van der Waals surface area contributed by atoms with Gasteiger partial charge in [0.15, 0.2) is 11.5 Å². The van der Waals surface area contributed by atoms with Gasteiger partial charge in [0, 0.05) is 7.05 Å². The van der Waals surface area contributed by atoms with Crippen LogP contribution in [0.2, 0.25) is 0 Å². The summed E-state index contributed by atoms with van der Waals surface area (Å²) in [6, 6.07) is 8.96. The zero-order chi connectivity index (χ0) is 22.8. The smallest absolute Gasteiger partial charge is 0.387 e. The van der Waals surface area contributed by atoms with Gasteiger partial charge in [-0.1, -0.05) is 31.9 Å². The van der Waals surface area contributed by atoms with E-state index in [1.807, 2.05) is 0 Å². The van der Waals surface area contributed by atoms with Crippen molar-refractivity contribution in [2.45, 2.75) is 51.7 Å². The Bertz CT molecular complexity index is 1010. The molecular formula is C23H26F3N3O2. The highest BCUT2D eigenvalue weighted by Gasteiger charge is 2.49. The SMILES string of the molecule is CCCCCc1cc([C@@]2(c3ccc(OC(F)F)c(C)c3)N=C(N)N(C)C2=O)ccc1F. The zero-order valence-corrected chi connectivity index (χ0v) is 17.8. The Labute approximate surface area is 179 Å². The van der Waals surface area contributed by atoms with Gasteiger partial charge in [0.1, 0.15) is 11.6 Å². The third-order valence-electron chi connectivity index (χ3n) is 5.56. The molecule has 8 heteroatoms. The number of benzene rings is 2. The normalized spacial score (nSPS) is 18.6. The van der Waals surface area contributed by atoms with Crippen LogP contribution in [0.25, 0.3) is 0 Å². The molecule has 2 N–H and O–H groups in total. The first-order chi connectivity index (χ1) is 14.7. The lowest BCUT2D eigenvalue weighted by atomic mass is 9.81. The lowest BCUT2D eigenvalue weighted by molar-refractivity contribution is -0.129. The molecule has 2 aromatic rings. The van der Waals surface area contributed by atoms with E-state index in [1.165, 1.54) is 36.2 Å². The van der Waals surface area contributed by atoms with Crippen LogP contribution in [0, 0.1) is 12.7 Å². The number of nitrogens with two attached hydrogens (primary N) is 1. The molecule has 0 bridgehead atoms. The largest absolute Gasteiger partial charge is 0.435 e.